The van der Waals surface area contributed by atoms with E-state index in [-0.39, 0.29) is 131 Å². The van der Waals surface area contributed by atoms with Crippen LogP contribution in [0.1, 0.15) is 218 Å². The summed E-state index contributed by atoms with van der Waals surface area (Å²) in [4.78, 5) is 54.0. The average Bonchev–Trinajstić information content (AvgIpc) is 3.30. The molecule has 0 spiro atoms. The molecule has 6 N–H and O–H groups in total. The highest BCUT2D eigenvalue weighted by Crippen LogP contribution is 2.43. The zero-order valence-corrected chi connectivity index (χ0v) is 58.5. The van der Waals surface area contributed by atoms with E-state index >= 15 is 0 Å². The van der Waals surface area contributed by atoms with Gasteiger partial charge in [0, 0.05) is 128 Å². The summed E-state index contributed by atoms with van der Waals surface area (Å²) in [6.07, 6.45) is 33.0. The minimum absolute atomic E-state index is 0. The molecule has 6 aliphatic rings. The molecule has 0 aromatic carbocycles. The van der Waals surface area contributed by atoms with Gasteiger partial charge in [0.25, 0.3) is 0 Å². The highest BCUT2D eigenvalue weighted by atomic mass is 27.0. The van der Waals surface area contributed by atoms with Gasteiger partial charge in [-0.1, -0.05) is 216 Å². The lowest BCUT2D eigenvalue weighted by atomic mass is 9.73. The van der Waals surface area contributed by atoms with Crippen molar-refractivity contribution < 1.29 is 24.7 Å². The molecule has 454 valence electrons. The zero-order chi connectivity index (χ0) is 60.5. The lowest BCUT2D eigenvalue weighted by molar-refractivity contribution is -0.113. The van der Waals surface area contributed by atoms with Gasteiger partial charge in [-0.2, -0.15) is 0 Å². The molecule has 6 rings (SSSR count). The third-order valence-electron chi connectivity index (χ3n) is 16.5. The largest absolute Gasteiger partial charge is 0.412 e. The number of allylic oxidation sites excluding steroid dienone is 20. The summed E-state index contributed by atoms with van der Waals surface area (Å²) in [5.74, 6) is 0.406. The fraction of sp³-hybridized carbons (Fsp3) is 0.611. The topological polar surface area (TPSA) is 148 Å². The fourth-order valence-electron chi connectivity index (χ4n) is 10.8. The molecule has 2 saturated carbocycles. The summed E-state index contributed by atoms with van der Waals surface area (Å²) in [6.45, 7) is 51.6. The van der Waals surface area contributed by atoms with E-state index in [0.717, 1.165) is 96.0 Å². The summed E-state index contributed by atoms with van der Waals surface area (Å²) in [5, 5.41) is 14.5. The van der Waals surface area contributed by atoms with Crippen molar-refractivity contribution in [3.05, 3.63) is 140 Å². The van der Waals surface area contributed by atoms with Gasteiger partial charge in [-0.25, -0.2) is 0 Å². The predicted octanol–water partition coefficient (Wildman–Crippen LogP) is 15.0. The van der Waals surface area contributed by atoms with Crippen LogP contribution in [-0.2, 0) is 19.2 Å². The molecule has 4 atom stereocenters. The number of rotatable bonds is 8. The lowest BCUT2D eigenvalue weighted by Gasteiger charge is -2.34. The normalized spacial score (nSPS) is 24.5. The molecule has 6 radical (unpaired) electrons. The number of nitrogens with one attached hydrogen (secondary N) is 4. The molecule has 0 aliphatic heterocycles. The van der Waals surface area contributed by atoms with E-state index in [1.807, 2.05) is 24.8 Å². The van der Waals surface area contributed by atoms with Crippen molar-refractivity contribution >= 4 is 57.9 Å². The van der Waals surface area contributed by atoms with Crippen molar-refractivity contribution in [2.45, 2.75) is 242 Å². The van der Waals surface area contributed by atoms with E-state index in [1.165, 1.54) is 22.3 Å². The quantitative estimate of drug-likeness (QED) is 0.139. The maximum absolute atomic E-state index is 13.5. The van der Waals surface area contributed by atoms with Crippen LogP contribution in [0.4, 0.5) is 0 Å². The first-order valence-electron chi connectivity index (χ1n) is 30.2. The van der Waals surface area contributed by atoms with Crippen molar-refractivity contribution in [2.75, 3.05) is 0 Å². The summed E-state index contributed by atoms with van der Waals surface area (Å²) < 4.78 is 0. The Labute approximate surface area is 525 Å². The Morgan fingerprint density at radius 2 is 0.446 bits per heavy atom. The van der Waals surface area contributed by atoms with Gasteiger partial charge >= 0.3 is 0 Å². The minimum atomic E-state index is -0.228. The van der Waals surface area contributed by atoms with Crippen molar-refractivity contribution in [3.63, 3.8) is 0 Å². The Kier molecular flexibility index (Phi) is 25.3. The molecule has 0 unspecified atom stereocenters. The van der Waals surface area contributed by atoms with Gasteiger partial charge in [-0.3, -0.25) is 19.2 Å². The second kappa shape index (κ2) is 28.1. The number of hydrogen-bond acceptors (Lipinski definition) is 8. The van der Waals surface area contributed by atoms with Crippen LogP contribution in [0, 0.1) is 43.3 Å². The first-order chi connectivity index (χ1) is 36.4. The number of carbonyl (C=O) groups is 4. The second-order valence-corrected chi connectivity index (χ2v) is 32.0. The highest BCUT2D eigenvalue weighted by Gasteiger charge is 2.37. The number of hydrogen-bond donors (Lipinski definition) is 4. The van der Waals surface area contributed by atoms with Gasteiger partial charge in [0.1, 0.15) is 0 Å². The molecule has 0 saturated heterocycles. The molecule has 0 amide bonds. The molecule has 11 heteroatoms. The van der Waals surface area contributed by atoms with E-state index in [2.05, 4.69) is 236 Å². The van der Waals surface area contributed by atoms with E-state index in [1.54, 1.807) is 0 Å². The van der Waals surface area contributed by atoms with Gasteiger partial charge < -0.3 is 26.7 Å². The Morgan fingerprint density at radius 1 is 0.289 bits per heavy atom. The minimum Gasteiger partial charge on any atom is -0.412 e. The van der Waals surface area contributed by atoms with Gasteiger partial charge in [0.2, 0.25) is 0 Å². The van der Waals surface area contributed by atoms with E-state index < -0.39 is 0 Å². The first-order valence-corrected chi connectivity index (χ1v) is 30.2. The Balaban J connectivity index is 0.000000547. The first kappa shape index (κ1) is 74.9. The standard InChI is InChI=1S/2C36H54N2O2.2Al.H2O/c2*1-33(2,3)25-17-23(31(39)27(19-25)35(7,8)9)21-37-29-15-13-14-16-30(29)38-22-24-18-26(34(4,5)6)20-28(32(24)40)36(10,11)12;;;/h2*17-22,29-30,37-38H,13-16H2,1-12H3;;;1H2/b2*23-21-,24-22-;;;/t2*29-,30-;;;/m11.../s1. The number of carbonyl (C=O) groups excluding carboxylic acids is 4. The third kappa shape index (κ3) is 19.9. The van der Waals surface area contributed by atoms with Crippen LogP contribution in [0.15, 0.2) is 140 Å². The van der Waals surface area contributed by atoms with Crippen LogP contribution in [0.3, 0.4) is 0 Å². The molecule has 0 bridgehead atoms. The SMILES string of the molecule is CC(C)(C)C1=C/C(=C/N[C@@H]2CCCC[C@H]2N/C=C2/C=C(C(C)(C)C)C=C(C(C)(C)C)C2=O)C(=O)C(C(C)(C)C)=C1.CC(C)(C)C1=C/C(=C/N[C@@H]2CCCC[C@H]2N/C=C2/C=C(C(C)(C)C)C=C(C(C)(C)C)C2=O)C(=O)C(C(C)(C)C)=C1.O.[Al].[Al]. The molecule has 0 aromatic rings. The summed E-state index contributed by atoms with van der Waals surface area (Å²) in [7, 11) is 0. The maximum atomic E-state index is 13.5. The van der Waals surface area contributed by atoms with Gasteiger partial charge in [-0.05, 0) is 116 Å². The van der Waals surface area contributed by atoms with Gasteiger partial charge in [0.05, 0.1) is 0 Å². The van der Waals surface area contributed by atoms with Crippen LogP contribution in [0.2, 0.25) is 0 Å². The molecule has 83 heavy (non-hydrogen) atoms. The van der Waals surface area contributed by atoms with Crippen LogP contribution >= 0.6 is 0 Å². The van der Waals surface area contributed by atoms with Crippen molar-refractivity contribution in [1.82, 2.24) is 21.3 Å². The Bertz CT molecular complexity index is 2430. The molecular weight excluding hydrogens is 1050 g/mol. The van der Waals surface area contributed by atoms with Crippen LogP contribution in [-0.4, -0.2) is 87.5 Å². The van der Waals surface area contributed by atoms with Crippen molar-refractivity contribution in [2.24, 2.45) is 43.3 Å². The third-order valence-corrected chi connectivity index (χ3v) is 16.5. The Morgan fingerprint density at radius 3 is 0.578 bits per heavy atom. The second-order valence-electron chi connectivity index (χ2n) is 32.0. The van der Waals surface area contributed by atoms with Crippen LogP contribution in [0.25, 0.3) is 0 Å². The van der Waals surface area contributed by atoms with Crippen LogP contribution < -0.4 is 21.3 Å². The number of ketones is 4. The lowest BCUT2D eigenvalue weighted by Crippen LogP contribution is -2.47. The Hall–Kier alpha value is -4.22. The predicted molar refractivity (Wildman–Crippen MR) is 352 cm³/mol. The zero-order valence-electron chi connectivity index (χ0n) is 56.2. The monoisotopic (exact) mass is 1160 g/mol. The van der Waals surface area contributed by atoms with E-state index in [4.69, 9.17) is 0 Å². The number of Topliss-reactive ketones (excluding diaryl/α,β-unsaturated/α-hetero) is 4. The summed E-state index contributed by atoms with van der Waals surface area (Å²) in [5.41, 5.74) is 9.90. The molecule has 0 aromatic heterocycles. The van der Waals surface area contributed by atoms with E-state index in [0.29, 0.717) is 0 Å². The van der Waals surface area contributed by atoms with Crippen LogP contribution in [0.5, 0.6) is 0 Å². The average molecular weight is 1170 g/mol. The van der Waals surface area contributed by atoms with Gasteiger partial charge in [-0.15, -0.1) is 0 Å². The van der Waals surface area contributed by atoms with Gasteiger partial charge in [0.15, 0.2) is 23.1 Å². The fourth-order valence-corrected chi connectivity index (χ4v) is 10.8. The van der Waals surface area contributed by atoms with Crippen molar-refractivity contribution in [1.29, 1.82) is 0 Å². The molecule has 6 aliphatic carbocycles. The molecule has 2 fully saturated rings. The summed E-state index contributed by atoms with van der Waals surface area (Å²) in [6, 6.07) is 0.681. The van der Waals surface area contributed by atoms with Crippen molar-refractivity contribution in [3.8, 4) is 0 Å². The molecule has 0 heterocycles. The van der Waals surface area contributed by atoms with E-state index in [9.17, 15) is 19.2 Å². The smallest absolute Gasteiger partial charge is 0.191 e. The summed E-state index contributed by atoms with van der Waals surface area (Å²) >= 11 is 0. The maximum Gasteiger partial charge on any atom is 0.191 e. The molecular formula is C72H110Al2N4O5. The highest BCUT2D eigenvalue weighted by molar-refractivity contribution is 6.14. The molecule has 9 nitrogen and oxygen atoms in total.